The number of aromatic amines is 1. The molecular formula is C20H22N2O4. The molecule has 0 fully saturated rings. The summed E-state index contributed by atoms with van der Waals surface area (Å²) in [7, 11) is 0. The van der Waals surface area contributed by atoms with Crippen LogP contribution in [-0.4, -0.2) is 22.0 Å². The fraction of sp³-hybridized carbons (Fsp3) is 0.350. The summed E-state index contributed by atoms with van der Waals surface area (Å²) in [4.78, 5) is 39.4. The molecule has 136 valence electrons. The number of carboxylic acids is 1. The van der Waals surface area contributed by atoms with Gasteiger partial charge in [-0.1, -0.05) is 29.3 Å². The Bertz CT molecular complexity index is 910. The molecule has 0 radical (unpaired) electrons. The van der Waals surface area contributed by atoms with E-state index in [-0.39, 0.29) is 5.56 Å². The van der Waals surface area contributed by atoms with Crippen LogP contribution in [0.15, 0.2) is 29.1 Å². The molecule has 6 nitrogen and oxygen atoms in total. The minimum atomic E-state index is -1.21. The van der Waals surface area contributed by atoms with E-state index in [0.717, 1.165) is 48.1 Å². The molecule has 3 N–H and O–H groups in total. The number of pyridine rings is 1. The SMILES string of the molecule is Cc1cc(C)cc(C(NC(=O)c2cc3c([nH]c2=O)CCCC3)C(=O)O)c1. The third-order valence-electron chi connectivity index (χ3n) is 4.68. The van der Waals surface area contributed by atoms with Crippen LogP contribution in [0.1, 0.15) is 57.2 Å². The molecule has 0 aliphatic heterocycles. The van der Waals surface area contributed by atoms with Gasteiger partial charge in [-0.05, 0) is 56.7 Å². The first-order chi connectivity index (χ1) is 12.3. The van der Waals surface area contributed by atoms with Gasteiger partial charge in [-0.25, -0.2) is 4.79 Å². The number of carboxylic acid groups (broad SMARTS) is 1. The van der Waals surface area contributed by atoms with E-state index < -0.39 is 23.5 Å². The molecule has 1 heterocycles. The number of aromatic nitrogens is 1. The molecule has 3 rings (SSSR count). The molecule has 6 heteroatoms. The topological polar surface area (TPSA) is 99.3 Å². The van der Waals surface area contributed by atoms with Crippen LogP contribution in [0.4, 0.5) is 0 Å². The van der Waals surface area contributed by atoms with Crippen LogP contribution in [0.5, 0.6) is 0 Å². The van der Waals surface area contributed by atoms with Crippen molar-refractivity contribution in [1.29, 1.82) is 0 Å². The Labute approximate surface area is 151 Å². The molecule has 1 amide bonds. The predicted molar refractivity (Wildman–Crippen MR) is 97.5 cm³/mol. The molecular weight excluding hydrogens is 332 g/mol. The minimum Gasteiger partial charge on any atom is -0.479 e. The fourth-order valence-electron chi connectivity index (χ4n) is 3.52. The molecule has 2 aromatic rings. The molecule has 0 bridgehead atoms. The van der Waals surface area contributed by atoms with E-state index in [1.165, 1.54) is 0 Å². The average molecular weight is 354 g/mol. The van der Waals surface area contributed by atoms with Crippen molar-refractivity contribution in [2.75, 3.05) is 0 Å². The number of hydrogen-bond acceptors (Lipinski definition) is 3. The summed E-state index contributed by atoms with van der Waals surface area (Å²) < 4.78 is 0. The van der Waals surface area contributed by atoms with Crippen LogP contribution in [0.3, 0.4) is 0 Å². The Morgan fingerprint density at radius 1 is 1.08 bits per heavy atom. The van der Waals surface area contributed by atoms with Gasteiger partial charge in [0, 0.05) is 5.69 Å². The molecule has 1 aliphatic rings. The van der Waals surface area contributed by atoms with Gasteiger partial charge in [-0.15, -0.1) is 0 Å². The first-order valence-electron chi connectivity index (χ1n) is 8.72. The lowest BCUT2D eigenvalue weighted by atomic mass is 9.94. The number of H-pyrrole nitrogens is 1. The Morgan fingerprint density at radius 3 is 2.38 bits per heavy atom. The average Bonchev–Trinajstić information content (AvgIpc) is 2.57. The van der Waals surface area contributed by atoms with Crippen molar-refractivity contribution >= 4 is 11.9 Å². The van der Waals surface area contributed by atoms with E-state index in [0.29, 0.717) is 5.56 Å². The van der Waals surface area contributed by atoms with E-state index in [1.807, 2.05) is 19.9 Å². The van der Waals surface area contributed by atoms with E-state index in [1.54, 1.807) is 18.2 Å². The Hall–Kier alpha value is -2.89. The number of carbonyl (C=O) groups is 2. The van der Waals surface area contributed by atoms with Crippen molar-refractivity contribution in [2.45, 2.75) is 45.6 Å². The lowest BCUT2D eigenvalue weighted by Crippen LogP contribution is -2.37. The quantitative estimate of drug-likeness (QED) is 0.785. The molecule has 0 spiro atoms. The third-order valence-corrected chi connectivity index (χ3v) is 4.68. The van der Waals surface area contributed by atoms with E-state index in [4.69, 9.17) is 0 Å². The molecule has 1 atom stereocenters. The highest BCUT2D eigenvalue weighted by atomic mass is 16.4. The molecule has 26 heavy (non-hydrogen) atoms. The van der Waals surface area contributed by atoms with E-state index in [2.05, 4.69) is 10.3 Å². The second kappa shape index (κ2) is 7.15. The lowest BCUT2D eigenvalue weighted by Gasteiger charge is -2.18. The van der Waals surface area contributed by atoms with Gasteiger partial charge in [-0.2, -0.15) is 0 Å². The van der Waals surface area contributed by atoms with Crippen LogP contribution in [-0.2, 0) is 17.6 Å². The molecule has 1 aliphatic carbocycles. The first-order valence-corrected chi connectivity index (χ1v) is 8.72. The van der Waals surface area contributed by atoms with E-state index >= 15 is 0 Å². The second-order valence-electron chi connectivity index (χ2n) is 6.89. The highest BCUT2D eigenvalue weighted by Crippen LogP contribution is 2.20. The standard InChI is InChI=1S/C20H22N2O4/c1-11-7-12(2)9-14(8-11)17(20(25)26)22-19(24)15-10-13-5-3-4-6-16(13)21-18(15)23/h7-10,17H,3-6H2,1-2H3,(H,21,23)(H,22,24)(H,25,26). The first kappa shape index (κ1) is 17.9. The number of rotatable bonds is 4. The number of benzene rings is 1. The van der Waals surface area contributed by atoms with Crippen LogP contribution in [0.25, 0.3) is 0 Å². The van der Waals surface area contributed by atoms with Gasteiger partial charge < -0.3 is 15.4 Å². The van der Waals surface area contributed by atoms with Crippen molar-refractivity contribution in [3.63, 3.8) is 0 Å². The summed E-state index contributed by atoms with van der Waals surface area (Å²) in [5, 5.41) is 12.1. The number of carbonyl (C=O) groups excluding carboxylic acids is 1. The number of fused-ring (bicyclic) bond motifs is 1. The number of aryl methyl sites for hydroxylation is 4. The molecule has 1 aromatic carbocycles. The van der Waals surface area contributed by atoms with Crippen molar-refractivity contribution in [2.24, 2.45) is 0 Å². The van der Waals surface area contributed by atoms with Gasteiger partial charge >= 0.3 is 5.97 Å². The van der Waals surface area contributed by atoms with Gasteiger partial charge in [-0.3, -0.25) is 9.59 Å². The second-order valence-corrected chi connectivity index (χ2v) is 6.89. The van der Waals surface area contributed by atoms with Gasteiger partial charge in [0.05, 0.1) is 0 Å². The lowest BCUT2D eigenvalue weighted by molar-refractivity contribution is -0.139. The maximum absolute atomic E-state index is 12.6. The van der Waals surface area contributed by atoms with Crippen molar-refractivity contribution in [1.82, 2.24) is 10.3 Å². The number of nitrogens with one attached hydrogen (secondary N) is 2. The van der Waals surface area contributed by atoms with Crippen LogP contribution in [0, 0.1) is 13.8 Å². The zero-order valence-corrected chi connectivity index (χ0v) is 14.9. The Balaban J connectivity index is 1.92. The summed E-state index contributed by atoms with van der Waals surface area (Å²) in [6, 6.07) is 5.77. The van der Waals surface area contributed by atoms with Crippen molar-refractivity contribution in [3.05, 3.63) is 68.1 Å². The maximum atomic E-state index is 12.6. The summed E-state index contributed by atoms with van der Waals surface area (Å²) in [6.07, 6.45) is 3.64. The molecule has 1 unspecified atom stereocenters. The number of aliphatic carboxylic acids is 1. The zero-order chi connectivity index (χ0) is 18.8. The number of amides is 1. The summed E-state index contributed by atoms with van der Waals surface area (Å²) in [5.41, 5.74) is 3.62. The van der Waals surface area contributed by atoms with Crippen LogP contribution >= 0.6 is 0 Å². The van der Waals surface area contributed by atoms with Gasteiger partial charge in [0.25, 0.3) is 11.5 Å². The van der Waals surface area contributed by atoms with E-state index in [9.17, 15) is 19.5 Å². The summed E-state index contributed by atoms with van der Waals surface area (Å²) in [6.45, 7) is 3.73. The highest BCUT2D eigenvalue weighted by Gasteiger charge is 2.25. The minimum absolute atomic E-state index is 0.0405. The molecule has 1 aromatic heterocycles. The van der Waals surface area contributed by atoms with Crippen LogP contribution < -0.4 is 10.9 Å². The normalized spacial score (nSPS) is 14.4. The highest BCUT2D eigenvalue weighted by molar-refractivity contribution is 5.96. The maximum Gasteiger partial charge on any atom is 0.330 e. The Kier molecular flexibility index (Phi) is 4.93. The Morgan fingerprint density at radius 2 is 1.73 bits per heavy atom. The largest absolute Gasteiger partial charge is 0.479 e. The van der Waals surface area contributed by atoms with Gasteiger partial charge in [0.15, 0.2) is 6.04 Å². The fourth-order valence-corrected chi connectivity index (χ4v) is 3.52. The predicted octanol–water partition coefficient (Wildman–Crippen LogP) is 2.43. The molecule has 0 saturated carbocycles. The smallest absolute Gasteiger partial charge is 0.330 e. The number of hydrogen-bond donors (Lipinski definition) is 3. The van der Waals surface area contributed by atoms with Crippen LogP contribution in [0.2, 0.25) is 0 Å². The summed E-state index contributed by atoms with van der Waals surface area (Å²) >= 11 is 0. The summed E-state index contributed by atoms with van der Waals surface area (Å²) in [5.74, 6) is -1.84. The van der Waals surface area contributed by atoms with Crippen molar-refractivity contribution in [3.8, 4) is 0 Å². The third kappa shape index (κ3) is 3.69. The zero-order valence-electron chi connectivity index (χ0n) is 14.9. The molecule has 0 saturated heterocycles. The van der Waals surface area contributed by atoms with Gasteiger partial charge in [0.2, 0.25) is 0 Å². The van der Waals surface area contributed by atoms with Gasteiger partial charge in [0.1, 0.15) is 5.56 Å². The van der Waals surface area contributed by atoms with Crippen molar-refractivity contribution < 1.29 is 14.7 Å². The monoisotopic (exact) mass is 354 g/mol.